The predicted molar refractivity (Wildman–Crippen MR) is 101 cm³/mol. The smallest absolute Gasteiger partial charge is 0.265 e. The van der Waals surface area contributed by atoms with Gasteiger partial charge in [0, 0.05) is 12.8 Å². The molecule has 2 N–H and O–H groups in total. The number of allylic oxidation sites excluding steroid dienone is 2. The number of aliphatic hydroxyl groups is 1. The summed E-state index contributed by atoms with van der Waals surface area (Å²) in [4.78, 5) is 29.6. The zero-order valence-corrected chi connectivity index (χ0v) is 15.7. The number of amides is 1. The van der Waals surface area contributed by atoms with Crippen molar-refractivity contribution < 1.29 is 24.3 Å². The van der Waals surface area contributed by atoms with Crippen molar-refractivity contribution in [1.82, 2.24) is 0 Å². The van der Waals surface area contributed by atoms with Gasteiger partial charge in [0.25, 0.3) is 5.91 Å². The number of carbonyl (C=O) groups excluding carboxylic acids is 2. The van der Waals surface area contributed by atoms with Crippen LogP contribution in [-0.4, -0.2) is 35.2 Å². The van der Waals surface area contributed by atoms with Crippen LogP contribution in [0.3, 0.4) is 0 Å². The van der Waals surface area contributed by atoms with Gasteiger partial charge in [0.05, 0.1) is 17.0 Å². The van der Waals surface area contributed by atoms with Crippen LogP contribution in [0.15, 0.2) is 34.7 Å². The number of ether oxygens (including phenoxy) is 1. The molecule has 1 amide bonds. The number of rotatable bonds is 5. The summed E-state index contributed by atoms with van der Waals surface area (Å²) in [5, 5.41) is 17.3. The van der Waals surface area contributed by atoms with Crippen molar-refractivity contribution in [2.75, 3.05) is 11.9 Å². The van der Waals surface area contributed by atoms with Crippen LogP contribution in [0.25, 0.3) is 0 Å². The minimum atomic E-state index is -0.536. The number of carbonyl (C=O) groups is 2. The molecule has 3 rings (SSSR count). The van der Waals surface area contributed by atoms with Gasteiger partial charge in [-0.05, 0) is 43.9 Å². The van der Waals surface area contributed by atoms with Gasteiger partial charge in [-0.2, -0.15) is 0 Å². The van der Waals surface area contributed by atoms with Crippen molar-refractivity contribution in [3.8, 4) is 5.75 Å². The molecule has 27 heavy (non-hydrogen) atoms. The van der Waals surface area contributed by atoms with E-state index in [4.69, 9.17) is 9.57 Å². The first kappa shape index (κ1) is 18.9. The van der Waals surface area contributed by atoms with E-state index >= 15 is 0 Å². The number of hydrogen-bond donors (Lipinski definition) is 2. The lowest BCUT2D eigenvalue weighted by atomic mass is 9.81. The number of fused-ring (bicyclic) bond motifs is 1. The first-order chi connectivity index (χ1) is 12.9. The monoisotopic (exact) mass is 372 g/mol. The Morgan fingerprint density at radius 2 is 2.11 bits per heavy atom. The fourth-order valence-electron chi connectivity index (χ4n) is 3.37. The van der Waals surface area contributed by atoms with Crippen LogP contribution < -0.4 is 10.1 Å². The van der Waals surface area contributed by atoms with Crippen molar-refractivity contribution >= 4 is 23.1 Å². The minimum Gasteiger partial charge on any atom is -0.511 e. The Balaban J connectivity index is 1.86. The lowest BCUT2D eigenvalue weighted by Crippen LogP contribution is -2.34. The van der Waals surface area contributed by atoms with Crippen molar-refractivity contribution in [1.29, 1.82) is 0 Å². The summed E-state index contributed by atoms with van der Waals surface area (Å²) in [5.41, 5.74) is 2.19. The molecule has 144 valence electrons. The Bertz CT molecular complexity index is 828. The maximum absolute atomic E-state index is 12.7. The number of benzene rings is 1. The molecule has 0 radical (unpaired) electrons. The lowest BCUT2D eigenvalue weighted by Gasteiger charge is -2.27. The number of aliphatic hydroxyl groups excluding tert-OH is 1. The van der Waals surface area contributed by atoms with Crippen LogP contribution in [0.1, 0.15) is 51.5 Å². The summed E-state index contributed by atoms with van der Waals surface area (Å²) in [7, 11) is 0. The van der Waals surface area contributed by atoms with E-state index in [1.165, 1.54) is 0 Å². The largest absolute Gasteiger partial charge is 0.511 e. The van der Waals surface area contributed by atoms with Crippen molar-refractivity contribution in [3.05, 3.63) is 35.1 Å². The number of anilines is 1. The van der Waals surface area contributed by atoms with E-state index in [9.17, 15) is 14.7 Å². The molecule has 1 aliphatic carbocycles. The van der Waals surface area contributed by atoms with Crippen LogP contribution in [0.5, 0.6) is 5.75 Å². The molecule has 1 aromatic rings. The molecule has 1 heterocycles. The summed E-state index contributed by atoms with van der Waals surface area (Å²) in [6.07, 6.45) is 0.548. The van der Waals surface area contributed by atoms with Crippen LogP contribution >= 0.6 is 0 Å². The summed E-state index contributed by atoms with van der Waals surface area (Å²) in [6.45, 7) is 5.76. The highest BCUT2D eigenvalue weighted by Gasteiger charge is 2.32. The lowest BCUT2D eigenvalue weighted by molar-refractivity contribution is -0.122. The molecular weight excluding hydrogens is 348 g/mol. The molecule has 2 aliphatic rings. The van der Waals surface area contributed by atoms with E-state index < -0.39 is 6.10 Å². The second-order valence-corrected chi connectivity index (χ2v) is 6.66. The maximum Gasteiger partial charge on any atom is 0.265 e. The summed E-state index contributed by atoms with van der Waals surface area (Å²) < 4.78 is 5.56. The number of nitrogens with one attached hydrogen (secondary N) is 1. The first-order valence-corrected chi connectivity index (χ1v) is 9.20. The van der Waals surface area contributed by atoms with Crippen molar-refractivity contribution in [2.45, 2.75) is 52.1 Å². The van der Waals surface area contributed by atoms with E-state index in [-0.39, 0.29) is 35.4 Å². The molecule has 2 atom stereocenters. The Labute approximate surface area is 158 Å². The Hall–Kier alpha value is -2.83. The number of ketones is 1. The van der Waals surface area contributed by atoms with E-state index in [2.05, 4.69) is 10.5 Å². The highest BCUT2D eigenvalue weighted by molar-refractivity contribution is 6.23. The van der Waals surface area contributed by atoms with Crippen LogP contribution in [0.4, 0.5) is 5.69 Å². The third kappa shape index (κ3) is 3.82. The summed E-state index contributed by atoms with van der Waals surface area (Å²) in [6, 6.07) is 5.47. The van der Waals surface area contributed by atoms with Gasteiger partial charge in [-0.3, -0.25) is 9.59 Å². The highest BCUT2D eigenvalue weighted by Crippen LogP contribution is 2.38. The van der Waals surface area contributed by atoms with Gasteiger partial charge >= 0.3 is 0 Å². The third-order valence-electron chi connectivity index (χ3n) is 4.77. The summed E-state index contributed by atoms with van der Waals surface area (Å²) in [5.74, 6) is 0.0987. The Morgan fingerprint density at radius 1 is 1.33 bits per heavy atom. The first-order valence-electron chi connectivity index (χ1n) is 9.20. The average Bonchev–Trinajstić information content (AvgIpc) is 2.64. The van der Waals surface area contributed by atoms with Crippen molar-refractivity contribution in [2.24, 2.45) is 5.16 Å². The molecule has 0 saturated heterocycles. The number of Topliss-reactive ketones (excluding diaryl/α,β-unsaturated/α-hetero) is 1. The highest BCUT2D eigenvalue weighted by atomic mass is 16.6. The van der Waals surface area contributed by atoms with Gasteiger partial charge in [0.1, 0.15) is 18.1 Å². The molecule has 7 heteroatoms. The summed E-state index contributed by atoms with van der Waals surface area (Å²) >= 11 is 0. The SMILES string of the molecule is CCON=C(CC)C1=C(O)CC(c2ccc3c(c2)NC(=O)C(C)O3)CC1=O. The molecule has 1 aromatic carbocycles. The molecule has 2 unspecified atom stereocenters. The van der Waals surface area contributed by atoms with Crippen LogP contribution in [-0.2, 0) is 14.4 Å². The zero-order valence-electron chi connectivity index (χ0n) is 15.7. The molecule has 0 aromatic heterocycles. The van der Waals surface area contributed by atoms with Crippen LogP contribution in [0.2, 0.25) is 0 Å². The van der Waals surface area contributed by atoms with E-state index in [1.54, 1.807) is 13.0 Å². The normalized spacial score (nSPS) is 22.9. The second kappa shape index (κ2) is 7.82. The third-order valence-corrected chi connectivity index (χ3v) is 4.77. The fraction of sp³-hybridized carbons (Fsp3) is 0.450. The number of nitrogens with zero attached hydrogens (tertiary/aromatic N) is 1. The number of oxime groups is 1. The zero-order chi connectivity index (χ0) is 19.6. The average molecular weight is 372 g/mol. The van der Waals surface area contributed by atoms with Gasteiger partial charge in [0.15, 0.2) is 11.9 Å². The Morgan fingerprint density at radius 3 is 2.78 bits per heavy atom. The molecule has 0 fully saturated rings. The van der Waals surface area contributed by atoms with E-state index in [0.717, 1.165) is 5.56 Å². The standard InChI is InChI=1S/C20H24N2O5/c1-4-14(22-26-5-2)19-16(23)9-13(10-17(19)24)12-6-7-18-15(8-12)21-20(25)11(3)27-18/h6-8,11,13,23H,4-5,9-10H2,1-3H3,(H,21,25). The minimum absolute atomic E-state index is 0.0307. The molecule has 0 spiro atoms. The fourth-order valence-corrected chi connectivity index (χ4v) is 3.37. The van der Waals surface area contributed by atoms with Gasteiger partial charge in [-0.15, -0.1) is 0 Å². The number of hydrogen-bond acceptors (Lipinski definition) is 6. The molecule has 7 nitrogen and oxygen atoms in total. The van der Waals surface area contributed by atoms with Crippen molar-refractivity contribution in [3.63, 3.8) is 0 Å². The molecule has 0 saturated carbocycles. The second-order valence-electron chi connectivity index (χ2n) is 6.66. The molecule has 0 bridgehead atoms. The van der Waals surface area contributed by atoms with Crippen LogP contribution in [0, 0.1) is 0 Å². The van der Waals surface area contributed by atoms with E-state index in [1.807, 2.05) is 26.0 Å². The van der Waals surface area contributed by atoms with Gasteiger partial charge in [-0.1, -0.05) is 18.1 Å². The maximum atomic E-state index is 12.7. The molecule has 1 aliphatic heterocycles. The predicted octanol–water partition coefficient (Wildman–Crippen LogP) is 3.47. The topological polar surface area (TPSA) is 97.2 Å². The quantitative estimate of drug-likeness (QED) is 0.609. The van der Waals surface area contributed by atoms with Gasteiger partial charge in [0.2, 0.25) is 0 Å². The molecular formula is C20H24N2O5. The van der Waals surface area contributed by atoms with E-state index in [0.29, 0.717) is 36.6 Å². The van der Waals surface area contributed by atoms with Gasteiger partial charge < -0.3 is 20.0 Å². The Kier molecular flexibility index (Phi) is 5.48. The van der Waals surface area contributed by atoms with Gasteiger partial charge in [-0.25, -0.2) is 0 Å².